The number of thioether (sulfide) groups is 1. The highest BCUT2D eigenvalue weighted by Crippen LogP contribution is 2.30. The van der Waals surface area contributed by atoms with Crippen LogP contribution in [0, 0.1) is 5.92 Å². The number of benzene rings is 2. The summed E-state index contributed by atoms with van der Waals surface area (Å²) in [5.41, 5.74) is 3.65. The number of carbonyl (C=O) groups excluding carboxylic acids is 1. The third-order valence-electron chi connectivity index (χ3n) is 6.58. The highest BCUT2D eigenvalue weighted by molar-refractivity contribution is 7.98. The van der Waals surface area contributed by atoms with Crippen molar-refractivity contribution in [3.05, 3.63) is 77.5 Å². The number of carbonyl (C=O) groups is 1. The van der Waals surface area contributed by atoms with E-state index in [-0.39, 0.29) is 12.0 Å². The number of hydrogen-bond donors (Lipinski definition) is 0. The lowest BCUT2D eigenvalue weighted by Gasteiger charge is -2.23. The SMILES string of the molecule is CCC(C)CC(OCc1cccc(N2CCN(C)c3nc(SC)ncc3C2=O)c1)c1ccccc1. The van der Waals surface area contributed by atoms with Gasteiger partial charge in [0.25, 0.3) is 5.91 Å². The molecule has 2 atom stereocenters. The first kappa shape index (κ1) is 25.2. The van der Waals surface area contributed by atoms with Crippen molar-refractivity contribution < 1.29 is 9.53 Å². The van der Waals surface area contributed by atoms with Crippen molar-refractivity contribution in [2.45, 2.75) is 44.6 Å². The van der Waals surface area contributed by atoms with Crippen LogP contribution in [0.1, 0.15) is 54.3 Å². The highest BCUT2D eigenvalue weighted by Gasteiger charge is 2.28. The lowest BCUT2D eigenvalue weighted by molar-refractivity contribution is 0.0240. The van der Waals surface area contributed by atoms with E-state index < -0.39 is 0 Å². The predicted molar refractivity (Wildman–Crippen MR) is 143 cm³/mol. The Morgan fingerprint density at radius 3 is 2.66 bits per heavy atom. The molecule has 3 aromatic rings. The molecule has 0 spiro atoms. The van der Waals surface area contributed by atoms with Gasteiger partial charge in [-0.1, -0.05) is 74.5 Å². The van der Waals surface area contributed by atoms with Crippen molar-refractivity contribution in [3.63, 3.8) is 0 Å². The molecule has 4 rings (SSSR count). The summed E-state index contributed by atoms with van der Waals surface area (Å²) in [6.45, 7) is 6.24. The van der Waals surface area contributed by atoms with Crippen LogP contribution in [0.3, 0.4) is 0 Å². The summed E-state index contributed by atoms with van der Waals surface area (Å²) >= 11 is 1.47. The van der Waals surface area contributed by atoms with Crippen LogP contribution in [0.4, 0.5) is 11.5 Å². The summed E-state index contributed by atoms with van der Waals surface area (Å²) in [6.07, 6.45) is 5.73. The van der Waals surface area contributed by atoms with Crippen molar-refractivity contribution in [1.82, 2.24) is 9.97 Å². The first-order valence-electron chi connectivity index (χ1n) is 12.2. The van der Waals surface area contributed by atoms with Gasteiger partial charge in [0.15, 0.2) is 5.16 Å². The first-order valence-corrected chi connectivity index (χ1v) is 13.4. The van der Waals surface area contributed by atoms with Gasteiger partial charge in [0.2, 0.25) is 0 Å². The molecule has 1 aliphatic heterocycles. The Morgan fingerprint density at radius 2 is 1.91 bits per heavy atom. The molecule has 1 aromatic heterocycles. The molecule has 0 bridgehead atoms. The van der Waals surface area contributed by atoms with Crippen LogP contribution in [0.2, 0.25) is 0 Å². The number of amides is 1. The Morgan fingerprint density at radius 1 is 1.11 bits per heavy atom. The van der Waals surface area contributed by atoms with Crippen LogP contribution in [0.15, 0.2) is 66.0 Å². The highest BCUT2D eigenvalue weighted by atomic mass is 32.2. The van der Waals surface area contributed by atoms with Gasteiger partial charge in [0, 0.05) is 32.0 Å². The molecular weight excluding hydrogens is 456 g/mol. The summed E-state index contributed by atoms with van der Waals surface area (Å²) in [4.78, 5) is 26.3. The molecule has 7 heteroatoms. The van der Waals surface area contributed by atoms with Crippen molar-refractivity contribution in [2.24, 2.45) is 5.92 Å². The topological polar surface area (TPSA) is 58.6 Å². The lowest BCUT2D eigenvalue weighted by atomic mass is 9.96. The number of rotatable bonds is 9. The van der Waals surface area contributed by atoms with E-state index in [1.807, 2.05) is 41.3 Å². The lowest BCUT2D eigenvalue weighted by Crippen LogP contribution is -2.33. The zero-order valence-corrected chi connectivity index (χ0v) is 21.8. The largest absolute Gasteiger partial charge is 0.369 e. The van der Waals surface area contributed by atoms with Gasteiger partial charge in [-0.05, 0) is 41.9 Å². The molecule has 0 radical (unpaired) electrons. The van der Waals surface area contributed by atoms with E-state index in [1.165, 1.54) is 17.3 Å². The number of anilines is 2. The average molecular weight is 491 g/mol. The maximum Gasteiger partial charge on any atom is 0.263 e. The molecule has 2 aromatic carbocycles. The third-order valence-corrected chi connectivity index (χ3v) is 7.15. The number of nitrogens with zero attached hydrogens (tertiary/aromatic N) is 4. The van der Waals surface area contributed by atoms with E-state index >= 15 is 0 Å². The van der Waals surface area contributed by atoms with Gasteiger partial charge in [-0.25, -0.2) is 9.97 Å². The maximum atomic E-state index is 13.5. The van der Waals surface area contributed by atoms with Crippen LogP contribution in [0.5, 0.6) is 0 Å². The minimum atomic E-state index is -0.0750. The van der Waals surface area contributed by atoms with Crippen LogP contribution < -0.4 is 9.80 Å². The molecule has 2 heterocycles. The Balaban J connectivity index is 1.53. The smallest absolute Gasteiger partial charge is 0.263 e. The van der Waals surface area contributed by atoms with Gasteiger partial charge in [-0.2, -0.15) is 0 Å². The second-order valence-corrected chi connectivity index (χ2v) is 9.88. The minimum Gasteiger partial charge on any atom is -0.369 e. The van der Waals surface area contributed by atoms with Crippen LogP contribution in [-0.2, 0) is 11.3 Å². The third kappa shape index (κ3) is 6.03. The van der Waals surface area contributed by atoms with Gasteiger partial charge >= 0.3 is 0 Å². The Hall–Kier alpha value is -2.90. The van der Waals surface area contributed by atoms with Gasteiger partial charge < -0.3 is 14.5 Å². The van der Waals surface area contributed by atoms with E-state index in [1.54, 1.807) is 6.20 Å². The summed E-state index contributed by atoms with van der Waals surface area (Å²) in [5.74, 6) is 1.19. The van der Waals surface area contributed by atoms with E-state index in [0.29, 0.717) is 42.2 Å². The average Bonchev–Trinajstić information content (AvgIpc) is 3.02. The van der Waals surface area contributed by atoms with Crippen molar-refractivity contribution in [2.75, 3.05) is 36.2 Å². The van der Waals surface area contributed by atoms with Gasteiger partial charge in [0.1, 0.15) is 11.4 Å². The van der Waals surface area contributed by atoms with E-state index in [9.17, 15) is 4.79 Å². The monoisotopic (exact) mass is 490 g/mol. The van der Waals surface area contributed by atoms with Crippen molar-refractivity contribution in [3.8, 4) is 0 Å². The number of aromatic nitrogens is 2. The zero-order valence-electron chi connectivity index (χ0n) is 21.0. The normalized spacial score (nSPS) is 15.5. The number of likely N-dealkylation sites (N-methyl/N-ethyl adjacent to an activating group) is 1. The number of ether oxygens (including phenoxy) is 1. The fourth-order valence-corrected chi connectivity index (χ4v) is 4.59. The molecule has 6 nitrogen and oxygen atoms in total. The molecule has 0 N–H and O–H groups in total. The molecule has 1 aliphatic rings. The second-order valence-electron chi connectivity index (χ2n) is 9.10. The Bertz CT molecular complexity index is 1140. The summed E-state index contributed by atoms with van der Waals surface area (Å²) in [6, 6.07) is 18.5. The molecular formula is C28H34N4O2S. The number of hydrogen-bond acceptors (Lipinski definition) is 6. The van der Waals surface area contributed by atoms with Gasteiger partial charge in [-0.3, -0.25) is 4.79 Å². The predicted octanol–water partition coefficient (Wildman–Crippen LogP) is 5.99. The summed E-state index contributed by atoms with van der Waals surface area (Å²) < 4.78 is 6.45. The van der Waals surface area contributed by atoms with Gasteiger partial charge in [-0.15, -0.1) is 0 Å². The minimum absolute atomic E-state index is 0.0398. The number of fused-ring (bicyclic) bond motifs is 1. The van der Waals surface area contributed by atoms with E-state index in [0.717, 1.165) is 24.1 Å². The molecule has 0 saturated heterocycles. The standard InChI is InChI=1S/C28H34N4O2S/c1-5-20(2)16-25(22-11-7-6-8-12-22)34-19-21-10-9-13-23(17-21)32-15-14-31(3)26-24(27(32)33)18-29-28(30-26)35-4/h6-13,17-18,20,25H,5,14-16,19H2,1-4H3. The van der Waals surface area contributed by atoms with Crippen molar-refractivity contribution in [1.29, 1.82) is 0 Å². The van der Waals surface area contributed by atoms with Crippen molar-refractivity contribution >= 4 is 29.2 Å². The Kier molecular flexibility index (Phi) is 8.42. The summed E-state index contributed by atoms with van der Waals surface area (Å²) in [5, 5.41) is 0.668. The fourth-order valence-electron chi connectivity index (χ4n) is 4.26. The van der Waals surface area contributed by atoms with Crippen LogP contribution in [0.25, 0.3) is 0 Å². The molecule has 0 fully saturated rings. The molecule has 0 saturated carbocycles. The van der Waals surface area contributed by atoms with Gasteiger partial charge in [0.05, 0.1) is 12.7 Å². The molecule has 35 heavy (non-hydrogen) atoms. The Labute approximate surface area is 212 Å². The molecule has 2 unspecified atom stereocenters. The van der Waals surface area contributed by atoms with Crippen LogP contribution >= 0.6 is 11.8 Å². The zero-order chi connectivity index (χ0) is 24.8. The van der Waals surface area contributed by atoms with E-state index in [4.69, 9.17) is 4.74 Å². The summed E-state index contributed by atoms with van der Waals surface area (Å²) in [7, 11) is 1.97. The molecule has 0 aliphatic carbocycles. The first-order chi connectivity index (χ1) is 17.0. The van der Waals surface area contributed by atoms with E-state index in [2.05, 4.69) is 60.2 Å². The quantitative estimate of drug-likeness (QED) is 0.271. The second kappa shape index (κ2) is 11.7. The maximum absolute atomic E-state index is 13.5. The fraction of sp³-hybridized carbons (Fsp3) is 0.393. The molecule has 1 amide bonds. The van der Waals surface area contributed by atoms with Crippen LogP contribution in [-0.4, -0.2) is 42.3 Å². The molecule has 184 valence electrons.